The first-order chi connectivity index (χ1) is 9.25. The number of nitrogens with zero attached hydrogens (tertiary/aromatic N) is 2. The molecule has 0 radical (unpaired) electrons. The van der Waals surface area contributed by atoms with Gasteiger partial charge < -0.3 is 0 Å². The second-order valence-corrected chi connectivity index (χ2v) is 6.89. The van der Waals surface area contributed by atoms with E-state index in [1.807, 2.05) is 45.2 Å². The van der Waals surface area contributed by atoms with Crippen LogP contribution >= 0.6 is 45.2 Å². The van der Waals surface area contributed by atoms with Crippen LogP contribution in [-0.4, -0.2) is 16.1 Å². The Morgan fingerprint density at radius 1 is 0.900 bits per heavy atom. The van der Waals surface area contributed by atoms with Crippen LogP contribution in [0.25, 0.3) is 11.4 Å². The van der Waals surface area contributed by atoms with Gasteiger partial charge in [0.1, 0.15) is 12.8 Å². The van der Waals surface area contributed by atoms with Crippen LogP contribution < -0.4 is 0 Å². The molecule has 104 valence electrons. The van der Waals surface area contributed by atoms with Crippen molar-refractivity contribution in [2.24, 2.45) is 0 Å². The zero-order chi connectivity index (χ0) is 14.7. The molecule has 20 heavy (non-hydrogen) atoms. The lowest BCUT2D eigenvalue weighted by atomic mass is 9.80. The summed E-state index contributed by atoms with van der Waals surface area (Å²) in [5, 5.41) is 0. The molecule has 0 saturated heterocycles. The van der Waals surface area contributed by atoms with Gasteiger partial charge in [-0.2, -0.15) is 13.2 Å². The van der Waals surface area contributed by atoms with Crippen molar-refractivity contribution in [3.8, 4) is 11.4 Å². The van der Waals surface area contributed by atoms with Gasteiger partial charge in [-0.3, -0.25) is 0 Å². The summed E-state index contributed by atoms with van der Waals surface area (Å²) in [6.45, 7) is 1.20. The molecule has 0 unspecified atom stereocenters. The van der Waals surface area contributed by atoms with E-state index >= 15 is 0 Å². The average Bonchev–Trinajstić information content (AvgIpc) is 2.59. The quantitative estimate of drug-likeness (QED) is 0.391. The molecule has 2 aromatic rings. The third-order valence-corrected chi connectivity index (χ3v) is 4.79. The van der Waals surface area contributed by atoms with Gasteiger partial charge in [0.25, 0.3) is 0 Å². The number of alkyl halides is 3. The fourth-order valence-electron chi connectivity index (χ4n) is 2.49. The molecule has 1 aliphatic carbocycles. The zero-order valence-corrected chi connectivity index (χ0v) is 14.4. The molecule has 0 saturated carbocycles. The Labute approximate surface area is 140 Å². The van der Waals surface area contributed by atoms with Gasteiger partial charge in [-0.1, -0.05) is 12.1 Å². The van der Waals surface area contributed by atoms with Crippen LogP contribution in [-0.2, 0) is 5.41 Å². The Hall–Kier alpha value is -0.450. The van der Waals surface area contributed by atoms with Crippen molar-refractivity contribution in [3.63, 3.8) is 0 Å². The summed E-state index contributed by atoms with van der Waals surface area (Å²) < 4.78 is 42.2. The molecule has 1 aliphatic rings. The Morgan fingerprint density at radius 2 is 1.30 bits per heavy atom. The molecule has 3 rings (SSSR count). The van der Waals surface area contributed by atoms with Crippen molar-refractivity contribution in [1.82, 2.24) is 9.97 Å². The molecular formula is C13H7F3I2N2. The van der Waals surface area contributed by atoms with E-state index in [0.717, 1.165) is 0 Å². The van der Waals surface area contributed by atoms with Gasteiger partial charge in [0.15, 0.2) is 0 Å². The highest BCUT2D eigenvalue weighted by molar-refractivity contribution is 14.1. The molecule has 0 aromatic carbocycles. The summed E-state index contributed by atoms with van der Waals surface area (Å²) in [7, 11) is 0. The molecule has 2 nitrogen and oxygen atoms in total. The summed E-state index contributed by atoms with van der Waals surface area (Å²) in [4.78, 5) is 8.53. The van der Waals surface area contributed by atoms with Crippen molar-refractivity contribution in [1.29, 1.82) is 0 Å². The first-order valence-corrected chi connectivity index (χ1v) is 7.82. The number of pyridine rings is 2. The van der Waals surface area contributed by atoms with Gasteiger partial charge in [-0.15, -0.1) is 0 Å². The lowest BCUT2D eigenvalue weighted by molar-refractivity contribution is -0.172. The van der Waals surface area contributed by atoms with Crippen LogP contribution in [0.5, 0.6) is 0 Å². The van der Waals surface area contributed by atoms with Gasteiger partial charge in [-0.05, 0) is 75.4 Å². The fourth-order valence-corrected chi connectivity index (χ4v) is 3.33. The van der Waals surface area contributed by atoms with E-state index in [2.05, 4.69) is 9.97 Å². The third-order valence-electron chi connectivity index (χ3n) is 3.59. The summed E-state index contributed by atoms with van der Waals surface area (Å²) in [6, 6.07) is 6.21. The standard InChI is InChI=1S/C13H7F3I2N2/c1-12(13(14,15)16)6-2-4-8(17)19-10(6)11-7(12)3-5-9(18)20-11/h2-5H,1H3. The normalized spacial score (nSPS) is 15.9. The van der Waals surface area contributed by atoms with Gasteiger partial charge >= 0.3 is 6.18 Å². The summed E-state index contributed by atoms with van der Waals surface area (Å²) in [6.07, 6.45) is -4.39. The number of fused-ring (bicyclic) bond motifs is 3. The first-order valence-electron chi connectivity index (χ1n) is 5.66. The van der Waals surface area contributed by atoms with Crippen molar-refractivity contribution in [3.05, 3.63) is 42.8 Å². The van der Waals surface area contributed by atoms with E-state index in [-0.39, 0.29) is 11.1 Å². The highest BCUT2D eigenvalue weighted by Crippen LogP contribution is 2.55. The topological polar surface area (TPSA) is 25.8 Å². The maximum atomic E-state index is 13.6. The van der Waals surface area contributed by atoms with Crippen LogP contribution in [0.1, 0.15) is 18.1 Å². The third kappa shape index (κ3) is 1.88. The number of aromatic nitrogens is 2. The average molecular weight is 502 g/mol. The molecule has 0 N–H and O–H groups in total. The lowest BCUT2D eigenvalue weighted by Gasteiger charge is -2.29. The van der Waals surface area contributed by atoms with Crippen LogP contribution in [0.3, 0.4) is 0 Å². The maximum Gasteiger partial charge on any atom is 0.402 e. The van der Waals surface area contributed by atoms with Crippen molar-refractivity contribution in [2.75, 3.05) is 0 Å². The van der Waals surface area contributed by atoms with E-state index in [4.69, 9.17) is 0 Å². The molecule has 0 aliphatic heterocycles. The minimum atomic E-state index is -4.39. The Morgan fingerprint density at radius 3 is 1.65 bits per heavy atom. The molecule has 0 amide bonds. The van der Waals surface area contributed by atoms with Gasteiger partial charge in [0, 0.05) is 0 Å². The maximum absolute atomic E-state index is 13.6. The van der Waals surface area contributed by atoms with Crippen LogP contribution in [0.2, 0.25) is 0 Å². The Bertz CT molecular complexity index is 662. The monoisotopic (exact) mass is 502 g/mol. The second kappa shape index (κ2) is 4.52. The minimum absolute atomic E-state index is 0.176. The molecule has 0 fully saturated rings. The van der Waals surface area contributed by atoms with Gasteiger partial charge in [-0.25, -0.2) is 9.97 Å². The summed E-state index contributed by atoms with van der Waals surface area (Å²) in [5.41, 5.74) is -1.02. The number of rotatable bonds is 0. The molecule has 2 aromatic heterocycles. The number of halogens is 5. The largest absolute Gasteiger partial charge is 0.402 e. The summed E-state index contributed by atoms with van der Waals surface area (Å²) in [5.74, 6) is 0. The van der Waals surface area contributed by atoms with Gasteiger partial charge in [0.05, 0.1) is 11.4 Å². The van der Waals surface area contributed by atoms with Crippen LogP contribution in [0.15, 0.2) is 24.3 Å². The van der Waals surface area contributed by atoms with Crippen molar-refractivity contribution < 1.29 is 13.2 Å². The number of hydrogen-bond acceptors (Lipinski definition) is 2. The van der Waals surface area contributed by atoms with E-state index in [0.29, 0.717) is 18.8 Å². The molecule has 0 atom stereocenters. The first kappa shape index (κ1) is 14.5. The molecular weight excluding hydrogens is 495 g/mol. The predicted molar refractivity (Wildman–Crippen MR) is 85.4 cm³/mol. The van der Waals surface area contributed by atoms with E-state index in [1.165, 1.54) is 19.1 Å². The second-order valence-electron chi connectivity index (χ2n) is 4.68. The predicted octanol–water partition coefficient (Wildman–Crippen LogP) is 4.53. The summed E-state index contributed by atoms with van der Waals surface area (Å²) >= 11 is 3.98. The SMILES string of the molecule is CC1(C(F)(F)F)c2ccc(I)nc2-c2nc(I)ccc21. The minimum Gasteiger partial charge on any atom is -0.240 e. The molecule has 0 spiro atoms. The lowest BCUT2D eigenvalue weighted by Crippen LogP contribution is -2.38. The van der Waals surface area contributed by atoms with Crippen LogP contribution in [0, 0.1) is 7.40 Å². The molecule has 2 heterocycles. The molecule has 0 bridgehead atoms. The zero-order valence-electron chi connectivity index (χ0n) is 10.1. The van der Waals surface area contributed by atoms with Crippen molar-refractivity contribution in [2.45, 2.75) is 18.5 Å². The van der Waals surface area contributed by atoms with E-state index in [1.54, 1.807) is 12.1 Å². The van der Waals surface area contributed by atoms with E-state index < -0.39 is 11.6 Å². The molecule has 7 heteroatoms. The smallest absolute Gasteiger partial charge is 0.240 e. The Kier molecular flexibility index (Phi) is 3.27. The fraction of sp³-hybridized carbons (Fsp3) is 0.231. The highest BCUT2D eigenvalue weighted by atomic mass is 127. The van der Waals surface area contributed by atoms with E-state index in [9.17, 15) is 13.2 Å². The van der Waals surface area contributed by atoms with Gasteiger partial charge in [0.2, 0.25) is 0 Å². The van der Waals surface area contributed by atoms with Crippen LogP contribution in [0.4, 0.5) is 13.2 Å². The highest BCUT2D eigenvalue weighted by Gasteiger charge is 2.59. The number of hydrogen-bond donors (Lipinski definition) is 0. The van der Waals surface area contributed by atoms with Crippen molar-refractivity contribution >= 4 is 45.2 Å². The Balaban J connectivity index is 2.42.